The molecule has 1 saturated carbocycles. The minimum Gasteiger partial charge on any atom is -0.313 e. The number of hydrogen-bond donors (Lipinski definition) is 1. The van der Waals surface area contributed by atoms with E-state index in [9.17, 15) is 0 Å². The highest BCUT2D eigenvalue weighted by molar-refractivity contribution is 4.87. The zero-order chi connectivity index (χ0) is 12.1. The van der Waals surface area contributed by atoms with Crippen LogP contribution in [0, 0.1) is 5.92 Å². The van der Waals surface area contributed by atoms with E-state index in [4.69, 9.17) is 0 Å². The van der Waals surface area contributed by atoms with Crippen molar-refractivity contribution in [2.45, 2.75) is 70.9 Å². The summed E-state index contributed by atoms with van der Waals surface area (Å²) in [4.78, 5) is 2.77. The quantitative estimate of drug-likeness (QED) is 0.733. The fraction of sp³-hybridized carbons (Fsp3) is 1.00. The third-order valence-corrected chi connectivity index (χ3v) is 4.16. The van der Waals surface area contributed by atoms with Crippen LogP contribution in [0.1, 0.15) is 58.8 Å². The lowest BCUT2D eigenvalue weighted by Gasteiger charge is -2.30. The predicted octanol–water partition coefficient (Wildman–Crippen LogP) is 3.03. The summed E-state index contributed by atoms with van der Waals surface area (Å²) in [7, 11) is 0. The Labute approximate surface area is 107 Å². The van der Waals surface area contributed by atoms with Crippen LogP contribution >= 0.6 is 0 Å². The molecule has 1 heterocycles. The normalized spacial score (nSPS) is 25.8. The largest absolute Gasteiger partial charge is 0.313 e. The van der Waals surface area contributed by atoms with Gasteiger partial charge in [-0.05, 0) is 57.5 Å². The summed E-state index contributed by atoms with van der Waals surface area (Å²) in [6.45, 7) is 8.56. The summed E-state index contributed by atoms with van der Waals surface area (Å²) >= 11 is 0. The van der Waals surface area contributed by atoms with Crippen molar-refractivity contribution in [1.29, 1.82) is 0 Å². The Hall–Kier alpha value is -0.0800. The van der Waals surface area contributed by atoms with E-state index in [0.29, 0.717) is 0 Å². The Morgan fingerprint density at radius 3 is 2.59 bits per heavy atom. The molecule has 0 bridgehead atoms. The molecule has 1 unspecified atom stereocenters. The second-order valence-electron chi connectivity index (χ2n) is 6.41. The molecule has 0 aromatic heterocycles. The first-order valence-corrected chi connectivity index (χ1v) is 7.73. The molecule has 2 fully saturated rings. The Kier molecular flexibility index (Phi) is 5.30. The van der Waals surface area contributed by atoms with E-state index >= 15 is 0 Å². The third-order valence-electron chi connectivity index (χ3n) is 4.16. The van der Waals surface area contributed by atoms with Gasteiger partial charge in [0.1, 0.15) is 0 Å². The first-order valence-electron chi connectivity index (χ1n) is 7.73. The maximum absolute atomic E-state index is 3.69. The van der Waals surface area contributed by atoms with Crippen molar-refractivity contribution in [3.05, 3.63) is 0 Å². The number of rotatable bonds is 7. The van der Waals surface area contributed by atoms with Gasteiger partial charge in [-0.25, -0.2) is 0 Å². The molecule has 0 radical (unpaired) electrons. The van der Waals surface area contributed by atoms with Gasteiger partial charge in [-0.2, -0.15) is 0 Å². The number of nitrogens with zero attached hydrogens (tertiary/aromatic N) is 1. The van der Waals surface area contributed by atoms with E-state index in [-0.39, 0.29) is 0 Å². The van der Waals surface area contributed by atoms with Gasteiger partial charge in [0.15, 0.2) is 0 Å². The Balaban J connectivity index is 1.68. The van der Waals surface area contributed by atoms with Crippen molar-refractivity contribution in [2.24, 2.45) is 5.92 Å². The van der Waals surface area contributed by atoms with Gasteiger partial charge in [0, 0.05) is 18.6 Å². The zero-order valence-corrected chi connectivity index (χ0v) is 11.8. The van der Waals surface area contributed by atoms with Crippen molar-refractivity contribution in [2.75, 3.05) is 19.6 Å². The van der Waals surface area contributed by atoms with Crippen LogP contribution in [-0.4, -0.2) is 36.6 Å². The van der Waals surface area contributed by atoms with Gasteiger partial charge in [-0.3, -0.25) is 4.90 Å². The highest BCUT2D eigenvalue weighted by atomic mass is 15.2. The van der Waals surface area contributed by atoms with Gasteiger partial charge in [0.05, 0.1) is 0 Å². The summed E-state index contributed by atoms with van der Waals surface area (Å²) in [5.74, 6) is 0.865. The second-order valence-corrected chi connectivity index (χ2v) is 6.41. The van der Waals surface area contributed by atoms with E-state index < -0.39 is 0 Å². The average Bonchev–Trinajstić information content (AvgIpc) is 3.12. The van der Waals surface area contributed by atoms with Crippen LogP contribution in [0.5, 0.6) is 0 Å². The predicted molar refractivity (Wildman–Crippen MR) is 74.3 cm³/mol. The third kappa shape index (κ3) is 4.97. The summed E-state index contributed by atoms with van der Waals surface area (Å²) in [5.41, 5.74) is 0. The molecule has 2 rings (SSSR count). The van der Waals surface area contributed by atoms with Crippen LogP contribution in [0.2, 0.25) is 0 Å². The van der Waals surface area contributed by atoms with E-state index in [1.807, 2.05) is 0 Å². The van der Waals surface area contributed by atoms with Crippen molar-refractivity contribution in [1.82, 2.24) is 10.2 Å². The smallest absolute Gasteiger partial charge is 0.0195 e. The second kappa shape index (κ2) is 6.75. The van der Waals surface area contributed by atoms with E-state index in [1.54, 1.807) is 0 Å². The minimum atomic E-state index is 0.781. The molecule has 2 nitrogen and oxygen atoms in total. The number of piperidine rings is 1. The van der Waals surface area contributed by atoms with E-state index in [1.165, 1.54) is 64.6 Å². The lowest BCUT2D eigenvalue weighted by atomic mass is 10.0. The fourth-order valence-corrected chi connectivity index (χ4v) is 2.93. The van der Waals surface area contributed by atoms with Crippen molar-refractivity contribution >= 4 is 0 Å². The molecule has 2 aliphatic rings. The van der Waals surface area contributed by atoms with Gasteiger partial charge in [-0.1, -0.05) is 20.3 Å². The van der Waals surface area contributed by atoms with Crippen LogP contribution in [0.25, 0.3) is 0 Å². The number of hydrogen-bond acceptors (Lipinski definition) is 2. The SMILES string of the molecule is CC(C)CCCN(CC1CCCCN1)C1CC1. The van der Waals surface area contributed by atoms with Crippen LogP contribution in [0.4, 0.5) is 0 Å². The Morgan fingerprint density at radius 2 is 2.00 bits per heavy atom. The molecule has 1 saturated heterocycles. The molecule has 100 valence electrons. The molecule has 2 heteroatoms. The van der Waals surface area contributed by atoms with Crippen LogP contribution in [0.3, 0.4) is 0 Å². The summed E-state index contributed by atoms with van der Waals surface area (Å²) in [5, 5.41) is 3.69. The van der Waals surface area contributed by atoms with E-state index in [2.05, 4.69) is 24.1 Å². The van der Waals surface area contributed by atoms with Crippen LogP contribution < -0.4 is 5.32 Å². The molecule has 0 spiro atoms. The monoisotopic (exact) mass is 238 g/mol. The average molecular weight is 238 g/mol. The van der Waals surface area contributed by atoms with E-state index in [0.717, 1.165) is 18.0 Å². The minimum absolute atomic E-state index is 0.781. The first-order chi connectivity index (χ1) is 8.25. The van der Waals surface area contributed by atoms with Gasteiger partial charge in [0.25, 0.3) is 0 Å². The topological polar surface area (TPSA) is 15.3 Å². The van der Waals surface area contributed by atoms with Crippen LogP contribution in [0.15, 0.2) is 0 Å². The molecule has 17 heavy (non-hydrogen) atoms. The molecule has 0 aromatic carbocycles. The Bertz CT molecular complexity index is 205. The van der Waals surface area contributed by atoms with Gasteiger partial charge < -0.3 is 5.32 Å². The lowest BCUT2D eigenvalue weighted by molar-refractivity contribution is 0.209. The van der Waals surface area contributed by atoms with Crippen molar-refractivity contribution in [3.8, 4) is 0 Å². The van der Waals surface area contributed by atoms with Crippen molar-refractivity contribution < 1.29 is 0 Å². The van der Waals surface area contributed by atoms with Gasteiger partial charge >= 0.3 is 0 Å². The summed E-state index contributed by atoms with van der Waals surface area (Å²) in [6.07, 6.45) is 9.90. The molecular weight excluding hydrogens is 208 g/mol. The van der Waals surface area contributed by atoms with Gasteiger partial charge in [0.2, 0.25) is 0 Å². The lowest BCUT2D eigenvalue weighted by Crippen LogP contribution is -2.44. The summed E-state index contributed by atoms with van der Waals surface area (Å²) in [6, 6.07) is 1.72. The molecular formula is C15H30N2. The molecule has 0 amide bonds. The van der Waals surface area contributed by atoms with Gasteiger partial charge in [-0.15, -0.1) is 0 Å². The maximum Gasteiger partial charge on any atom is 0.0195 e. The Morgan fingerprint density at radius 1 is 1.18 bits per heavy atom. The number of nitrogens with one attached hydrogen (secondary N) is 1. The molecule has 1 aliphatic heterocycles. The molecule has 1 aliphatic carbocycles. The molecule has 1 N–H and O–H groups in total. The first kappa shape index (κ1) is 13.4. The highest BCUT2D eigenvalue weighted by Crippen LogP contribution is 2.28. The standard InChI is InChI=1S/C15H30N2/c1-13(2)6-5-11-17(15-8-9-15)12-14-7-3-4-10-16-14/h13-16H,3-12H2,1-2H3. The maximum atomic E-state index is 3.69. The zero-order valence-electron chi connectivity index (χ0n) is 11.8. The fourth-order valence-electron chi connectivity index (χ4n) is 2.93. The summed E-state index contributed by atoms with van der Waals surface area (Å²) < 4.78 is 0. The van der Waals surface area contributed by atoms with Crippen molar-refractivity contribution in [3.63, 3.8) is 0 Å². The molecule has 0 aromatic rings. The highest BCUT2D eigenvalue weighted by Gasteiger charge is 2.30. The van der Waals surface area contributed by atoms with Crippen LogP contribution in [-0.2, 0) is 0 Å². The molecule has 1 atom stereocenters.